The third-order valence-electron chi connectivity index (χ3n) is 9.87. The van der Waals surface area contributed by atoms with Gasteiger partial charge in [-0.3, -0.25) is 34.2 Å². The number of non-ortho nitro benzene ring substituents is 1. The second-order valence-corrected chi connectivity index (χ2v) is 13.4. The number of rotatable bonds is 4. The van der Waals surface area contributed by atoms with E-state index in [-0.39, 0.29) is 28.3 Å². The maximum atomic E-state index is 15.1. The monoisotopic (exact) mass is 739 g/mol. The maximum absolute atomic E-state index is 15.1. The number of alkyl halides is 2. The van der Waals surface area contributed by atoms with Gasteiger partial charge in [0.05, 0.1) is 22.4 Å². The first kappa shape index (κ1) is 33.5. The first-order valence-corrected chi connectivity index (χ1v) is 15.3. The van der Waals surface area contributed by atoms with Crippen LogP contribution in [0.3, 0.4) is 0 Å². The molecule has 6 unspecified atom stereocenters. The third kappa shape index (κ3) is 4.11. The molecule has 3 aromatic rings. The van der Waals surface area contributed by atoms with Gasteiger partial charge in [-0.1, -0.05) is 23.8 Å². The normalized spacial score (nSPS) is 28.8. The number of hydrogen-bond acceptors (Lipinski definition) is 7. The predicted octanol–water partition coefficient (Wildman–Crippen LogP) is 5.90. The minimum Gasteiger partial charge on any atom is -0.505 e. The summed E-state index contributed by atoms with van der Waals surface area (Å²) in [4.78, 5) is 61.1. The van der Waals surface area contributed by atoms with Crippen molar-refractivity contribution in [1.82, 2.24) is 0 Å². The Bertz CT molecular complexity index is 2120. The number of phenols is 1. The third-order valence-corrected chi connectivity index (χ3v) is 11.3. The van der Waals surface area contributed by atoms with Gasteiger partial charge >= 0.3 is 0 Å². The lowest BCUT2D eigenvalue weighted by Gasteiger charge is -2.50. The largest absolute Gasteiger partial charge is 0.505 e. The van der Waals surface area contributed by atoms with E-state index in [1.54, 1.807) is 0 Å². The average Bonchev–Trinajstić information content (AvgIpc) is 3.42. The van der Waals surface area contributed by atoms with Crippen molar-refractivity contribution in [2.45, 2.75) is 28.5 Å². The molecule has 6 atom stereocenters. The zero-order valence-electron chi connectivity index (χ0n) is 24.6. The number of aromatic hydroxyl groups is 1. The molecular formula is C32H17Cl2F6N3O7. The number of carbonyl (C=O) groups is 4. The number of nitro groups is 1. The van der Waals surface area contributed by atoms with Gasteiger partial charge in [0, 0.05) is 23.6 Å². The number of imide groups is 2. The van der Waals surface area contributed by atoms with Gasteiger partial charge in [0.15, 0.2) is 44.6 Å². The fourth-order valence-electron chi connectivity index (χ4n) is 7.66. The van der Waals surface area contributed by atoms with Crippen molar-refractivity contribution in [3.63, 3.8) is 0 Å². The van der Waals surface area contributed by atoms with E-state index in [1.807, 2.05) is 0 Å². The molecule has 2 heterocycles. The molecular weight excluding hydrogens is 723 g/mol. The fourth-order valence-corrected chi connectivity index (χ4v) is 8.58. The van der Waals surface area contributed by atoms with Crippen molar-refractivity contribution in [1.29, 1.82) is 0 Å². The summed E-state index contributed by atoms with van der Waals surface area (Å²) in [5.41, 5.74) is -2.87. The first-order valence-electron chi connectivity index (χ1n) is 14.6. The summed E-state index contributed by atoms with van der Waals surface area (Å²) in [6, 6.07) is 7.41. The van der Waals surface area contributed by atoms with E-state index < -0.39 is 120 Å². The summed E-state index contributed by atoms with van der Waals surface area (Å²) in [5.74, 6) is -26.0. The Kier molecular flexibility index (Phi) is 7.39. The van der Waals surface area contributed by atoms with Crippen LogP contribution in [-0.4, -0.2) is 43.4 Å². The molecule has 0 radical (unpaired) electrons. The summed E-state index contributed by atoms with van der Waals surface area (Å²) >= 11 is 13.9. The molecule has 4 aliphatic rings. The number of benzene rings is 3. The van der Waals surface area contributed by atoms with Gasteiger partial charge in [0.2, 0.25) is 17.6 Å². The fraction of sp³-hybridized carbons (Fsp3) is 0.250. The molecule has 3 fully saturated rings. The highest BCUT2D eigenvalue weighted by Gasteiger charge is 2.77. The molecule has 258 valence electrons. The van der Waals surface area contributed by atoms with Crippen molar-refractivity contribution in [3.05, 3.63) is 105 Å². The summed E-state index contributed by atoms with van der Waals surface area (Å²) in [6.07, 6.45) is 0.328. The summed E-state index contributed by atoms with van der Waals surface area (Å²) in [7, 11) is 0. The standard InChI is InChI=1S/C32H17Cl2F6N3O7/c33-31-10-16-13(8-9-14-18(16)28(46)41(27(14)45)11-4-6-12(7-5-11)43(49)50)19(15-2-1-3-17(35)26(15)44)32(31,34)30(48)42(29(31)47)25-23(39)21(37)20(36)22(38)24(25)40/h1-8,14,16,18-19,44H,9-10H2. The Balaban J connectivity index is 1.42. The predicted molar refractivity (Wildman–Crippen MR) is 160 cm³/mol. The minimum absolute atomic E-state index is 0.00876. The number of carbonyl (C=O) groups excluding carboxylic acids is 4. The number of amides is 4. The Morgan fingerprint density at radius 2 is 1.40 bits per heavy atom. The molecule has 18 heteroatoms. The van der Waals surface area contributed by atoms with E-state index in [0.717, 1.165) is 47.4 Å². The summed E-state index contributed by atoms with van der Waals surface area (Å²) in [5, 5.41) is 22.0. The molecule has 50 heavy (non-hydrogen) atoms. The van der Waals surface area contributed by atoms with Crippen LogP contribution in [0.2, 0.25) is 0 Å². The van der Waals surface area contributed by atoms with E-state index in [2.05, 4.69) is 0 Å². The molecule has 2 aliphatic heterocycles. The van der Waals surface area contributed by atoms with Crippen LogP contribution in [-0.2, 0) is 19.2 Å². The van der Waals surface area contributed by atoms with E-state index >= 15 is 8.78 Å². The van der Waals surface area contributed by atoms with Crippen LogP contribution in [0.25, 0.3) is 0 Å². The van der Waals surface area contributed by atoms with Crippen LogP contribution in [0.15, 0.2) is 54.1 Å². The van der Waals surface area contributed by atoms with Gasteiger partial charge in [0.25, 0.3) is 17.5 Å². The Morgan fingerprint density at radius 1 is 0.800 bits per heavy atom. The van der Waals surface area contributed by atoms with E-state index in [0.29, 0.717) is 0 Å². The number of nitro benzene ring substituents is 1. The number of halogens is 8. The molecule has 2 aliphatic carbocycles. The van der Waals surface area contributed by atoms with Crippen LogP contribution in [0, 0.1) is 62.8 Å². The number of para-hydroxylation sites is 1. The Hall–Kier alpha value is -4.96. The van der Waals surface area contributed by atoms with Crippen molar-refractivity contribution in [2.24, 2.45) is 17.8 Å². The summed E-state index contributed by atoms with van der Waals surface area (Å²) in [6.45, 7) is 0. The zero-order valence-corrected chi connectivity index (χ0v) is 26.1. The first-order chi connectivity index (χ1) is 23.5. The Morgan fingerprint density at radius 3 is 2.00 bits per heavy atom. The van der Waals surface area contributed by atoms with Crippen molar-refractivity contribution >= 4 is 63.9 Å². The lowest BCUT2D eigenvalue weighted by Crippen LogP contribution is -2.60. The number of allylic oxidation sites excluding steroid dienone is 2. The molecule has 0 spiro atoms. The van der Waals surface area contributed by atoms with E-state index in [4.69, 9.17) is 23.2 Å². The highest BCUT2D eigenvalue weighted by molar-refractivity contribution is 6.58. The smallest absolute Gasteiger partial charge is 0.269 e. The van der Waals surface area contributed by atoms with Crippen LogP contribution < -0.4 is 9.80 Å². The van der Waals surface area contributed by atoms with Crippen molar-refractivity contribution in [3.8, 4) is 5.75 Å². The topological polar surface area (TPSA) is 138 Å². The molecule has 3 aromatic carbocycles. The van der Waals surface area contributed by atoms with Crippen LogP contribution in [0.1, 0.15) is 24.3 Å². The van der Waals surface area contributed by atoms with Gasteiger partial charge in [-0.15, -0.1) is 23.2 Å². The average molecular weight is 740 g/mol. The minimum atomic E-state index is -2.95. The number of hydrogen-bond donors (Lipinski definition) is 1. The van der Waals surface area contributed by atoms with E-state index in [9.17, 15) is 52.0 Å². The van der Waals surface area contributed by atoms with Gasteiger partial charge in [0.1, 0.15) is 5.69 Å². The molecule has 0 bridgehead atoms. The zero-order chi connectivity index (χ0) is 36.4. The SMILES string of the molecule is O=C1C2CC=C3C(CC4(Cl)C(=O)N(c5c(F)c(F)c(F)c(F)c5F)C(=O)C4(Cl)C3c3cccc(F)c3O)C2C(=O)N1c1ccc([N+](=O)[O-])cc1. The van der Waals surface area contributed by atoms with Gasteiger partial charge in [-0.05, 0) is 37.0 Å². The van der Waals surface area contributed by atoms with Gasteiger partial charge in [-0.2, -0.15) is 0 Å². The Labute approximate surface area is 285 Å². The summed E-state index contributed by atoms with van der Waals surface area (Å²) < 4.78 is 87.8. The number of fused-ring (bicyclic) bond motifs is 4. The molecule has 4 amide bonds. The molecule has 1 saturated carbocycles. The second-order valence-electron chi connectivity index (χ2n) is 12.2. The molecule has 10 nitrogen and oxygen atoms in total. The van der Waals surface area contributed by atoms with Gasteiger partial charge in [-0.25, -0.2) is 31.2 Å². The molecule has 1 N–H and O–H groups in total. The van der Waals surface area contributed by atoms with Crippen molar-refractivity contribution in [2.75, 3.05) is 9.80 Å². The van der Waals surface area contributed by atoms with Crippen LogP contribution in [0.4, 0.5) is 43.4 Å². The molecule has 0 aromatic heterocycles. The van der Waals surface area contributed by atoms with Crippen molar-refractivity contribution < 1.29 is 55.6 Å². The lowest BCUT2D eigenvalue weighted by molar-refractivity contribution is -0.384. The van der Waals surface area contributed by atoms with Crippen LogP contribution >= 0.6 is 23.2 Å². The maximum Gasteiger partial charge on any atom is 0.269 e. The number of phenolic OH excluding ortho intramolecular Hbond substituents is 1. The van der Waals surface area contributed by atoms with Crippen LogP contribution in [0.5, 0.6) is 5.75 Å². The number of anilines is 2. The van der Waals surface area contributed by atoms with E-state index in [1.165, 1.54) is 6.08 Å². The second kappa shape index (κ2) is 11.0. The lowest BCUT2D eigenvalue weighted by atomic mass is 9.56. The highest BCUT2D eigenvalue weighted by Crippen LogP contribution is 2.66. The highest BCUT2D eigenvalue weighted by atomic mass is 35.5. The van der Waals surface area contributed by atoms with Gasteiger partial charge < -0.3 is 5.11 Å². The molecule has 2 saturated heterocycles. The molecule has 7 rings (SSSR count). The number of nitrogens with zero attached hydrogens (tertiary/aromatic N) is 3. The quantitative estimate of drug-likeness (QED) is 0.0514.